The fourth-order valence-corrected chi connectivity index (χ4v) is 4.98. The van der Waals surface area contributed by atoms with E-state index in [9.17, 15) is 13.2 Å². The van der Waals surface area contributed by atoms with Gasteiger partial charge in [0.2, 0.25) is 5.91 Å². The molecule has 1 aromatic heterocycles. The minimum atomic E-state index is -3.68. The summed E-state index contributed by atoms with van der Waals surface area (Å²) >= 11 is 0. The lowest BCUT2D eigenvalue weighted by molar-refractivity contribution is -0.117. The van der Waals surface area contributed by atoms with E-state index in [1.165, 1.54) is 13.2 Å². The zero-order chi connectivity index (χ0) is 22.5. The predicted molar refractivity (Wildman–Crippen MR) is 122 cm³/mol. The number of hydrogen-bond donors (Lipinski definition) is 2. The Labute approximate surface area is 183 Å². The number of rotatable bonds is 4. The monoisotopic (exact) mass is 449 g/mol. The van der Waals surface area contributed by atoms with Gasteiger partial charge < -0.3 is 14.5 Å². The maximum absolute atomic E-state index is 12.9. The van der Waals surface area contributed by atoms with Crippen molar-refractivity contribution in [2.45, 2.75) is 17.9 Å². The Morgan fingerprint density at radius 1 is 1.06 bits per heavy atom. The lowest BCUT2D eigenvalue weighted by Crippen LogP contribution is -2.29. The van der Waals surface area contributed by atoms with Gasteiger partial charge in [-0.15, -0.1) is 0 Å². The highest BCUT2D eigenvalue weighted by Gasteiger charge is 2.31. The number of carbonyl (C=O) groups is 1. The van der Waals surface area contributed by atoms with Crippen LogP contribution in [0.4, 0.5) is 5.69 Å². The molecule has 0 saturated heterocycles. The van der Waals surface area contributed by atoms with Crippen LogP contribution in [0.3, 0.4) is 0 Å². The zero-order valence-electron chi connectivity index (χ0n) is 17.2. The molecule has 162 valence electrons. The summed E-state index contributed by atoms with van der Waals surface area (Å²) in [6, 6.07) is 16.8. The van der Waals surface area contributed by atoms with Crippen molar-refractivity contribution >= 4 is 49.4 Å². The molecule has 2 N–H and O–H groups in total. The van der Waals surface area contributed by atoms with Crippen LogP contribution in [0.1, 0.15) is 12.5 Å². The smallest absolute Gasteiger partial charge is 0.263 e. The number of amides is 1. The first-order valence-electron chi connectivity index (χ1n) is 9.87. The highest BCUT2D eigenvalue weighted by Crippen LogP contribution is 2.36. The largest absolute Gasteiger partial charge is 0.495 e. The van der Waals surface area contributed by atoms with Crippen molar-refractivity contribution in [1.29, 1.82) is 0 Å². The third-order valence-electron chi connectivity index (χ3n) is 5.32. The van der Waals surface area contributed by atoms with Gasteiger partial charge in [0.15, 0.2) is 0 Å². The number of amidine groups is 1. The molecule has 1 atom stereocenters. The van der Waals surface area contributed by atoms with Gasteiger partial charge in [-0.05, 0) is 31.2 Å². The molecular formula is C23H19N3O5S. The maximum atomic E-state index is 12.9. The maximum Gasteiger partial charge on any atom is 0.263 e. The lowest BCUT2D eigenvalue weighted by Gasteiger charge is -2.13. The van der Waals surface area contributed by atoms with Crippen LogP contribution in [-0.4, -0.2) is 33.3 Å². The molecule has 32 heavy (non-hydrogen) atoms. The van der Waals surface area contributed by atoms with E-state index in [1.54, 1.807) is 31.2 Å². The summed E-state index contributed by atoms with van der Waals surface area (Å²) in [5.74, 6) is 0.196. The van der Waals surface area contributed by atoms with Crippen molar-refractivity contribution < 1.29 is 22.4 Å². The average molecular weight is 449 g/mol. The Bertz CT molecular complexity index is 1520. The summed E-state index contributed by atoms with van der Waals surface area (Å²) in [5.41, 5.74) is 2.22. The molecule has 1 aliphatic heterocycles. The Morgan fingerprint density at radius 2 is 1.81 bits per heavy atom. The van der Waals surface area contributed by atoms with E-state index < -0.39 is 22.0 Å². The second kappa shape index (κ2) is 7.38. The first-order chi connectivity index (χ1) is 15.4. The average Bonchev–Trinajstić information content (AvgIpc) is 3.27. The molecular weight excluding hydrogens is 430 g/mol. The molecule has 0 bridgehead atoms. The molecule has 4 aromatic rings. The number of para-hydroxylation sites is 1. The van der Waals surface area contributed by atoms with Crippen molar-refractivity contribution in [1.82, 2.24) is 4.72 Å². The second-order valence-electron chi connectivity index (χ2n) is 7.39. The van der Waals surface area contributed by atoms with Gasteiger partial charge in [-0.1, -0.05) is 30.3 Å². The number of ether oxygens (including phenoxy) is 1. The first-order valence-corrected chi connectivity index (χ1v) is 11.4. The van der Waals surface area contributed by atoms with Gasteiger partial charge in [0.1, 0.15) is 28.8 Å². The van der Waals surface area contributed by atoms with Gasteiger partial charge in [0, 0.05) is 22.4 Å². The Kier molecular flexibility index (Phi) is 4.63. The third-order valence-corrected chi connectivity index (χ3v) is 6.72. The highest BCUT2D eigenvalue weighted by molar-refractivity contribution is 7.90. The summed E-state index contributed by atoms with van der Waals surface area (Å²) in [5, 5.41) is 4.63. The van der Waals surface area contributed by atoms with Gasteiger partial charge in [0.05, 0.1) is 17.7 Å². The predicted octanol–water partition coefficient (Wildman–Crippen LogP) is 3.66. The number of aliphatic imine (C=N–C) groups is 1. The number of sulfonamides is 1. The van der Waals surface area contributed by atoms with Gasteiger partial charge >= 0.3 is 0 Å². The van der Waals surface area contributed by atoms with E-state index >= 15 is 0 Å². The molecule has 0 aliphatic carbocycles. The fraction of sp³-hybridized carbons (Fsp3) is 0.130. The summed E-state index contributed by atoms with van der Waals surface area (Å²) < 4.78 is 38.3. The number of hydrogen-bond acceptors (Lipinski definition) is 6. The SMILES string of the molecule is COc1cc2c(cc1NC(=O)[C@H](C)N=C1NS(=O)(=O)c3ccccc31)oc1ccccc12. The number of nitrogens with zero attached hydrogens (tertiary/aromatic N) is 1. The van der Waals surface area contributed by atoms with Crippen molar-refractivity contribution in [2.24, 2.45) is 4.99 Å². The van der Waals surface area contributed by atoms with Crippen LogP contribution in [0.25, 0.3) is 21.9 Å². The zero-order valence-corrected chi connectivity index (χ0v) is 18.1. The summed E-state index contributed by atoms with van der Waals surface area (Å²) in [6.07, 6.45) is 0. The summed E-state index contributed by atoms with van der Waals surface area (Å²) in [6.45, 7) is 1.59. The summed E-state index contributed by atoms with van der Waals surface area (Å²) in [7, 11) is -2.16. The van der Waals surface area contributed by atoms with Crippen LogP contribution in [0.2, 0.25) is 0 Å². The standard InChI is InChI=1S/C23H19N3O5S/c1-13(24-22-15-8-4-6-10-21(15)32(28,29)26-22)23(27)25-17-12-19-16(11-20(17)30-2)14-7-3-5-9-18(14)31-19/h3-13H,1-2H3,(H,24,26)(H,25,27)/t13-/m0/s1. The Hall–Kier alpha value is -3.85. The number of anilines is 1. The van der Waals surface area contributed by atoms with Crippen LogP contribution in [0.15, 0.2) is 75.0 Å². The molecule has 5 rings (SSSR count). The molecule has 0 spiro atoms. The number of methoxy groups -OCH3 is 1. The van der Waals surface area contributed by atoms with Crippen LogP contribution in [0.5, 0.6) is 5.75 Å². The molecule has 0 saturated carbocycles. The van der Waals surface area contributed by atoms with Crippen molar-refractivity contribution in [2.75, 3.05) is 12.4 Å². The number of furan rings is 1. The second-order valence-corrected chi connectivity index (χ2v) is 9.04. The summed E-state index contributed by atoms with van der Waals surface area (Å²) in [4.78, 5) is 17.3. The first kappa shape index (κ1) is 20.1. The molecule has 8 nitrogen and oxygen atoms in total. The van der Waals surface area contributed by atoms with Crippen LogP contribution in [0, 0.1) is 0 Å². The van der Waals surface area contributed by atoms with Crippen LogP contribution >= 0.6 is 0 Å². The lowest BCUT2D eigenvalue weighted by atomic mass is 10.1. The third kappa shape index (κ3) is 3.27. The molecule has 1 amide bonds. The normalized spacial score (nSPS) is 16.6. The van der Waals surface area contributed by atoms with E-state index in [-0.39, 0.29) is 10.7 Å². The van der Waals surface area contributed by atoms with Gasteiger partial charge in [0.25, 0.3) is 10.0 Å². The number of benzene rings is 3. The molecule has 0 fully saturated rings. The highest BCUT2D eigenvalue weighted by atomic mass is 32.2. The molecule has 9 heteroatoms. The Balaban J connectivity index is 1.46. The van der Waals surface area contributed by atoms with E-state index in [4.69, 9.17) is 9.15 Å². The van der Waals surface area contributed by atoms with Crippen LogP contribution < -0.4 is 14.8 Å². The fourth-order valence-electron chi connectivity index (χ4n) is 3.74. The molecule has 1 aliphatic rings. The van der Waals surface area contributed by atoms with Gasteiger partial charge in [-0.25, -0.2) is 8.42 Å². The number of nitrogens with one attached hydrogen (secondary N) is 2. The quantitative estimate of drug-likeness (QED) is 0.494. The van der Waals surface area contributed by atoms with Gasteiger partial charge in [-0.2, -0.15) is 0 Å². The Morgan fingerprint density at radius 3 is 2.62 bits per heavy atom. The minimum Gasteiger partial charge on any atom is -0.495 e. The van der Waals surface area contributed by atoms with E-state index in [0.717, 1.165) is 16.4 Å². The number of fused-ring (bicyclic) bond motifs is 4. The van der Waals surface area contributed by atoms with Crippen molar-refractivity contribution in [3.8, 4) is 5.75 Å². The molecule has 0 unspecified atom stereocenters. The molecule has 3 aromatic carbocycles. The molecule has 0 radical (unpaired) electrons. The van der Waals surface area contributed by atoms with Crippen LogP contribution in [-0.2, 0) is 14.8 Å². The van der Waals surface area contributed by atoms with Crippen molar-refractivity contribution in [3.05, 3.63) is 66.2 Å². The van der Waals surface area contributed by atoms with Crippen molar-refractivity contribution in [3.63, 3.8) is 0 Å². The van der Waals surface area contributed by atoms with E-state index in [0.29, 0.717) is 22.6 Å². The topological polar surface area (TPSA) is 110 Å². The number of carbonyl (C=O) groups excluding carboxylic acids is 1. The minimum absolute atomic E-state index is 0.142. The van der Waals surface area contributed by atoms with Gasteiger partial charge in [-0.3, -0.25) is 14.5 Å². The van der Waals surface area contributed by atoms with E-state index in [2.05, 4.69) is 15.0 Å². The van der Waals surface area contributed by atoms with E-state index in [1.807, 2.05) is 30.3 Å². The molecule has 2 heterocycles.